The van der Waals surface area contributed by atoms with Gasteiger partial charge in [-0.15, -0.1) is 0 Å². The highest BCUT2D eigenvalue weighted by Gasteiger charge is 2.37. The van der Waals surface area contributed by atoms with Gasteiger partial charge in [-0.2, -0.15) is 4.31 Å². The fourth-order valence-electron chi connectivity index (χ4n) is 4.34. The Balaban J connectivity index is 1.29. The van der Waals surface area contributed by atoms with Crippen LogP contribution < -0.4 is 10.1 Å². The first-order valence-corrected chi connectivity index (χ1v) is 12.0. The largest absolute Gasteiger partial charge is 0.490 e. The van der Waals surface area contributed by atoms with E-state index in [1.165, 1.54) is 10.6 Å². The number of hydrogen-bond donors (Lipinski definition) is 1. The Hall–Kier alpha value is -2.19. The Morgan fingerprint density at radius 2 is 1.97 bits per heavy atom. The summed E-state index contributed by atoms with van der Waals surface area (Å²) in [6.07, 6.45) is 7.77. The van der Waals surface area contributed by atoms with Crippen molar-refractivity contribution in [1.82, 2.24) is 14.6 Å². The van der Waals surface area contributed by atoms with E-state index in [1.807, 2.05) is 30.3 Å². The van der Waals surface area contributed by atoms with E-state index >= 15 is 0 Å². The van der Waals surface area contributed by atoms with Crippen molar-refractivity contribution < 1.29 is 17.9 Å². The minimum absolute atomic E-state index is 0.0742. The number of pyridine rings is 1. The van der Waals surface area contributed by atoms with Gasteiger partial charge < -0.3 is 10.1 Å². The van der Waals surface area contributed by atoms with Gasteiger partial charge in [0.1, 0.15) is 11.8 Å². The molecule has 0 spiro atoms. The summed E-state index contributed by atoms with van der Waals surface area (Å²) >= 11 is 0. The fraction of sp³-hybridized carbons (Fsp3) is 0.524. The summed E-state index contributed by atoms with van der Waals surface area (Å²) in [5, 5.41) is 4.12. The lowest BCUT2D eigenvalue weighted by Crippen LogP contribution is -2.49. The van der Waals surface area contributed by atoms with E-state index < -0.39 is 16.1 Å². The molecule has 1 amide bonds. The van der Waals surface area contributed by atoms with Crippen LogP contribution in [0.5, 0.6) is 5.75 Å². The van der Waals surface area contributed by atoms with Gasteiger partial charge in [0.25, 0.3) is 0 Å². The van der Waals surface area contributed by atoms with Crippen molar-refractivity contribution in [2.75, 3.05) is 12.8 Å². The molecular formula is C21H27N3O4S. The molecule has 2 heterocycles. The predicted octanol–water partition coefficient (Wildman–Crippen LogP) is 2.47. The van der Waals surface area contributed by atoms with Crippen molar-refractivity contribution in [3.05, 3.63) is 36.5 Å². The maximum Gasteiger partial charge on any atom is 0.238 e. The van der Waals surface area contributed by atoms with Crippen LogP contribution in [0.25, 0.3) is 10.9 Å². The highest BCUT2D eigenvalue weighted by molar-refractivity contribution is 7.88. The molecular weight excluding hydrogens is 390 g/mol. The van der Waals surface area contributed by atoms with Crippen LogP contribution >= 0.6 is 0 Å². The number of nitrogens with one attached hydrogen (secondary N) is 1. The summed E-state index contributed by atoms with van der Waals surface area (Å²) in [6.45, 7) is 0.429. The second-order valence-electron chi connectivity index (χ2n) is 7.99. The van der Waals surface area contributed by atoms with E-state index in [2.05, 4.69) is 10.3 Å². The monoisotopic (exact) mass is 417 g/mol. The van der Waals surface area contributed by atoms with E-state index in [0.29, 0.717) is 13.0 Å². The smallest absolute Gasteiger partial charge is 0.238 e. The average molecular weight is 418 g/mol. The lowest BCUT2D eigenvalue weighted by atomic mass is 9.92. The zero-order valence-electron chi connectivity index (χ0n) is 16.6. The van der Waals surface area contributed by atoms with Gasteiger partial charge in [-0.05, 0) is 62.8 Å². The maximum atomic E-state index is 12.6. The van der Waals surface area contributed by atoms with Gasteiger partial charge in [0.15, 0.2) is 0 Å². The average Bonchev–Trinajstić information content (AvgIpc) is 3.20. The van der Waals surface area contributed by atoms with E-state index in [9.17, 15) is 13.2 Å². The summed E-state index contributed by atoms with van der Waals surface area (Å²) in [6, 6.07) is 9.36. The summed E-state index contributed by atoms with van der Waals surface area (Å²) in [5.41, 5.74) is 0.946. The number of rotatable bonds is 5. The number of aromatic nitrogens is 1. The molecule has 1 aliphatic carbocycles. The van der Waals surface area contributed by atoms with Crippen molar-refractivity contribution >= 4 is 26.8 Å². The number of hydrogen-bond acceptors (Lipinski definition) is 5. The Morgan fingerprint density at radius 1 is 1.17 bits per heavy atom. The number of carbonyl (C=O) groups excluding carboxylic acids is 1. The van der Waals surface area contributed by atoms with Crippen molar-refractivity contribution in [2.45, 2.75) is 56.7 Å². The summed E-state index contributed by atoms with van der Waals surface area (Å²) < 4.78 is 31.2. The molecule has 2 aliphatic rings. The standard InChI is InChI=1S/C21H27N3O4S/c1-29(26,27)24-13-3-5-20(24)21(25)23-16-6-8-17(9-7-16)28-18-10-11-19-15(14-18)4-2-12-22-19/h2,4,10-12,14,16-17,20H,3,5-9,13H2,1H3,(H,23,25)/t16?,17?,20-/m0/s1. The molecule has 1 saturated carbocycles. The zero-order valence-corrected chi connectivity index (χ0v) is 17.4. The molecule has 2 aromatic rings. The fourth-order valence-corrected chi connectivity index (χ4v) is 5.47. The number of nitrogens with zero attached hydrogens (tertiary/aromatic N) is 2. The molecule has 0 bridgehead atoms. The number of carbonyl (C=O) groups is 1. The van der Waals surface area contributed by atoms with Gasteiger partial charge in [0, 0.05) is 24.2 Å². The third-order valence-corrected chi connectivity index (χ3v) is 7.12. The molecule has 0 radical (unpaired) electrons. The topological polar surface area (TPSA) is 88.6 Å². The van der Waals surface area contributed by atoms with Gasteiger partial charge in [-0.25, -0.2) is 8.42 Å². The molecule has 1 aliphatic heterocycles. The summed E-state index contributed by atoms with van der Waals surface area (Å²) in [7, 11) is -3.35. The minimum atomic E-state index is -3.35. The molecule has 1 N–H and O–H groups in total. The summed E-state index contributed by atoms with van der Waals surface area (Å²) in [5.74, 6) is 0.673. The second-order valence-corrected chi connectivity index (χ2v) is 9.92. The third kappa shape index (κ3) is 4.70. The quantitative estimate of drug-likeness (QED) is 0.807. The summed E-state index contributed by atoms with van der Waals surface area (Å²) in [4.78, 5) is 16.9. The first-order valence-electron chi connectivity index (χ1n) is 10.2. The minimum Gasteiger partial charge on any atom is -0.490 e. The molecule has 0 unspecified atom stereocenters. The van der Waals surface area contributed by atoms with Crippen molar-refractivity contribution in [3.8, 4) is 5.75 Å². The molecule has 1 atom stereocenters. The van der Waals surface area contributed by atoms with E-state index in [0.717, 1.165) is 48.8 Å². The van der Waals surface area contributed by atoms with Gasteiger partial charge >= 0.3 is 0 Å². The highest BCUT2D eigenvalue weighted by atomic mass is 32.2. The maximum absolute atomic E-state index is 12.6. The zero-order chi connectivity index (χ0) is 20.4. The predicted molar refractivity (Wildman–Crippen MR) is 111 cm³/mol. The number of ether oxygens (including phenoxy) is 1. The van der Waals surface area contributed by atoms with Crippen molar-refractivity contribution in [3.63, 3.8) is 0 Å². The first kappa shape index (κ1) is 20.1. The molecule has 156 valence electrons. The normalized spacial score (nSPS) is 25.8. The third-order valence-electron chi connectivity index (χ3n) is 5.83. The molecule has 2 fully saturated rings. The Morgan fingerprint density at radius 3 is 2.72 bits per heavy atom. The first-order chi connectivity index (χ1) is 13.9. The van der Waals surface area contributed by atoms with Crippen LogP contribution in [-0.2, 0) is 14.8 Å². The van der Waals surface area contributed by atoms with Crippen LogP contribution in [0.1, 0.15) is 38.5 Å². The Kier molecular flexibility index (Phi) is 5.74. The van der Waals surface area contributed by atoms with Gasteiger partial charge in [0.05, 0.1) is 17.9 Å². The van der Waals surface area contributed by atoms with E-state index in [4.69, 9.17) is 4.74 Å². The van der Waals surface area contributed by atoms with Crippen LogP contribution in [-0.4, -0.2) is 54.6 Å². The highest BCUT2D eigenvalue weighted by Crippen LogP contribution is 2.27. The van der Waals surface area contributed by atoms with E-state index in [1.54, 1.807) is 6.20 Å². The molecule has 29 heavy (non-hydrogen) atoms. The molecule has 8 heteroatoms. The molecule has 7 nitrogen and oxygen atoms in total. The van der Waals surface area contributed by atoms with Crippen LogP contribution in [0.2, 0.25) is 0 Å². The number of sulfonamides is 1. The van der Waals surface area contributed by atoms with Gasteiger partial charge in [-0.3, -0.25) is 9.78 Å². The van der Waals surface area contributed by atoms with Crippen LogP contribution in [0.3, 0.4) is 0 Å². The van der Waals surface area contributed by atoms with E-state index in [-0.39, 0.29) is 18.1 Å². The molecule has 4 rings (SSSR count). The number of amides is 1. The lowest BCUT2D eigenvalue weighted by molar-refractivity contribution is -0.125. The SMILES string of the molecule is CS(=O)(=O)N1CCC[C@H]1C(=O)NC1CCC(Oc2ccc3ncccc3c2)CC1. The van der Waals surface area contributed by atoms with Crippen LogP contribution in [0, 0.1) is 0 Å². The van der Waals surface area contributed by atoms with Crippen molar-refractivity contribution in [1.29, 1.82) is 0 Å². The van der Waals surface area contributed by atoms with Crippen LogP contribution in [0.15, 0.2) is 36.5 Å². The molecule has 1 aromatic heterocycles. The molecule has 1 aromatic carbocycles. The number of benzene rings is 1. The van der Waals surface area contributed by atoms with Gasteiger partial charge in [0.2, 0.25) is 15.9 Å². The second kappa shape index (κ2) is 8.28. The van der Waals surface area contributed by atoms with Gasteiger partial charge in [-0.1, -0.05) is 6.07 Å². The Bertz CT molecular complexity index is 986. The molecule has 1 saturated heterocycles. The van der Waals surface area contributed by atoms with Crippen LogP contribution in [0.4, 0.5) is 0 Å². The van der Waals surface area contributed by atoms with Crippen molar-refractivity contribution in [2.24, 2.45) is 0 Å². The number of fused-ring (bicyclic) bond motifs is 1. The lowest BCUT2D eigenvalue weighted by Gasteiger charge is -2.31. The Labute approximate surface area is 171 Å².